The Morgan fingerprint density at radius 3 is 2.64 bits per heavy atom. The summed E-state index contributed by atoms with van der Waals surface area (Å²) >= 11 is 0. The van der Waals surface area contributed by atoms with E-state index >= 15 is 0 Å². The highest BCUT2D eigenvalue weighted by molar-refractivity contribution is 5.79. The van der Waals surface area contributed by atoms with Crippen LogP contribution in [0.3, 0.4) is 0 Å². The van der Waals surface area contributed by atoms with E-state index in [-0.39, 0.29) is 5.82 Å². The molecule has 2 N–H and O–H groups in total. The standard InChI is InChI=1S/C21H24FN5O/c1-23-21(25-15-16-5-3-4-6-20(16)28-2)24-13-11-18-12-14-27(26-18)19-9-7-17(22)8-10-19/h3-10,12,14H,11,13,15H2,1-2H3,(H2,23,24,25). The third kappa shape index (κ3) is 5.09. The van der Waals surface area contributed by atoms with Crippen molar-refractivity contribution in [3.63, 3.8) is 0 Å². The number of benzene rings is 2. The van der Waals surface area contributed by atoms with Gasteiger partial charge in [-0.2, -0.15) is 5.10 Å². The van der Waals surface area contributed by atoms with Gasteiger partial charge in [0.15, 0.2) is 5.96 Å². The van der Waals surface area contributed by atoms with Crippen LogP contribution in [0.15, 0.2) is 65.8 Å². The van der Waals surface area contributed by atoms with Crippen LogP contribution in [-0.4, -0.2) is 36.4 Å². The number of aliphatic imine (C=N–C) groups is 1. The van der Waals surface area contributed by atoms with Crippen LogP contribution in [0.4, 0.5) is 4.39 Å². The van der Waals surface area contributed by atoms with Crippen LogP contribution in [0.25, 0.3) is 5.69 Å². The van der Waals surface area contributed by atoms with Gasteiger partial charge in [-0.25, -0.2) is 9.07 Å². The molecule has 3 rings (SSSR count). The molecule has 2 aromatic carbocycles. The smallest absolute Gasteiger partial charge is 0.191 e. The second-order valence-corrected chi connectivity index (χ2v) is 6.14. The average molecular weight is 381 g/mol. The Kier molecular flexibility index (Phi) is 6.62. The number of hydrogen-bond acceptors (Lipinski definition) is 3. The first-order valence-electron chi connectivity index (χ1n) is 9.06. The van der Waals surface area contributed by atoms with Gasteiger partial charge < -0.3 is 15.4 Å². The summed E-state index contributed by atoms with van der Waals surface area (Å²) in [7, 11) is 3.40. The molecule has 0 aliphatic rings. The van der Waals surface area contributed by atoms with Gasteiger partial charge in [-0.15, -0.1) is 0 Å². The summed E-state index contributed by atoms with van der Waals surface area (Å²) in [6, 6.07) is 16.1. The molecule has 0 fully saturated rings. The number of guanidine groups is 1. The van der Waals surface area contributed by atoms with Crippen molar-refractivity contribution in [2.75, 3.05) is 20.7 Å². The van der Waals surface area contributed by atoms with E-state index in [2.05, 4.69) is 20.7 Å². The van der Waals surface area contributed by atoms with E-state index in [1.54, 1.807) is 31.0 Å². The zero-order chi connectivity index (χ0) is 19.8. The number of nitrogens with zero attached hydrogens (tertiary/aromatic N) is 3. The third-order valence-electron chi connectivity index (χ3n) is 4.27. The average Bonchev–Trinajstić information content (AvgIpc) is 3.20. The van der Waals surface area contributed by atoms with Crippen LogP contribution in [0.2, 0.25) is 0 Å². The summed E-state index contributed by atoms with van der Waals surface area (Å²) < 4.78 is 20.1. The van der Waals surface area contributed by atoms with Crippen molar-refractivity contribution in [2.45, 2.75) is 13.0 Å². The van der Waals surface area contributed by atoms with Crippen molar-refractivity contribution in [1.29, 1.82) is 0 Å². The molecular formula is C21H24FN5O. The van der Waals surface area contributed by atoms with E-state index in [9.17, 15) is 4.39 Å². The van der Waals surface area contributed by atoms with Crippen molar-refractivity contribution < 1.29 is 9.13 Å². The molecule has 3 aromatic rings. The molecule has 7 heteroatoms. The maximum Gasteiger partial charge on any atom is 0.191 e. The molecule has 0 radical (unpaired) electrons. The molecule has 0 atom stereocenters. The predicted molar refractivity (Wildman–Crippen MR) is 108 cm³/mol. The number of nitrogens with one attached hydrogen (secondary N) is 2. The molecule has 1 heterocycles. The number of hydrogen-bond donors (Lipinski definition) is 2. The second kappa shape index (κ2) is 9.55. The number of halogens is 1. The van der Waals surface area contributed by atoms with Crippen molar-refractivity contribution >= 4 is 5.96 Å². The molecule has 6 nitrogen and oxygen atoms in total. The van der Waals surface area contributed by atoms with E-state index in [4.69, 9.17) is 4.74 Å². The summed E-state index contributed by atoms with van der Waals surface area (Å²) in [5, 5.41) is 11.1. The SMILES string of the molecule is CN=C(NCCc1ccn(-c2ccc(F)cc2)n1)NCc1ccccc1OC. The van der Waals surface area contributed by atoms with Crippen LogP contribution in [-0.2, 0) is 13.0 Å². The minimum atomic E-state index is -0.257. The quantitative estimate of drug-likeness (QED) is 0.488. The van der Waals surface area contributed by atoms with E-state index in [0.717, 1.165) is 29.1 Å². The van der Waals surface area contributed by atoms with Gasteiger partial charge in [0.05, 0.1) is 18.5 Å². The van der Waals surface area contributed by atoms with Gasteiger partial charge in [0, 0.05) is 38.3 Å². The molecule has 0 unspecified atom stereocenters. The van der Waals surface area contributed by atoms with Gasteiger partial charge in [-0.3, -0.25) is 4.99 Å². The van der Waals surface area contributed by atoms with E-state index in [1.165, 1.54) is 12.1 Å². The van der Waals surface area contributed by atoms with Gasteiger partial charge in [-0.05, 0) is 36.4 Å². The minimum absolute atomic E-state index is 0.257. The summed E-state index contributed by atoms with van der Waals surface area (Å²) in [6.45, 7) is 1.30. The van der Waals surface area contributed by atoms with E-state index in [1.807, 2.05) is 36.5 Å². The normalized spacial score (nSPS) is 11.3. The first kappa shape index (κ1) is 19.4. The highest BCUT2D eigenvalue weighted by atomic mass is 19.1. The molecule has 0 aliphatic carbocycles. The first-order chi connectivity index (χ1) is 13.7. The number of rotatable bonds is 7. The Labute approximate surface area is 164 Å². The second-order valence-electron chi connectivity index (χ2n) is 6.14. The summed E-state index contributed by atoms with van der Waals surface area (Å²) in [5.74, 6) is 1.30. The van der Waals surface area contributed by atoms with Crippen molar-refractivity contribution in [1.82, 2.24) is 20.4 Å². The molecule has 146 valence electrons. The fourth-order valence-electron chi connectivity index (χ4n) is 2.79. The monoisotopic (exact) mass is 381 g/mol. The lowest BCUT2D eigenvalue weighted by Crippen LogP contribution is -2.38. The Morgan fingerprint density at radius 1 is 1.11 bits per heavy atom. The van der Waals surface area contributed by atoms with Crippen LogP contribution >= 0.6 is 0 Å². The molecule has 1 aromatic heterocycles. The summed E-state index contributed by atoms with van der Waals surface area (Å²) in [5.41, 5.74) is 2.83. The third-order valence-corrected chi connectivity index (χ3v) is 4.27. The number of aromatic nitrogens is 2. The number of methoxy groups -OCH3 is 1. The zero-order valence-electron chi connectivity index (χ0n) is 16.0. The highest BCUT2D eigenvalue weighted by Gasteiger charge is 2.05. The van der Waals surface area contributed by atoms with Crippen LogP contribution < -0.4 is 15.4 Å². The van der Waals surface area contributed by atoms with Crippen molar-refractivity contribution in [3.8, 4) is 11.4 Å². The molecule has 0 bridgehead atoms. The maximum absolute atomic E-state index is 13.0. The van der Waals surface area contributed by atoms with Gasteiger partial charge >= 0.3 is 0 Å². The predicted octanol–water partition coefficient (Wildman–Crippen LogP) is 2.93. The van der Waals surface area contributed by atoms with Crippen LogP contribution in [0.1, 0.15) is 11.3 Å². The van der Waals surface area contributed by atoms with E-state index < -0.39 is 0 Å². The zero-order valence-corrected chi connectivity index (χ0v) is 16.0. The first-order valence-corrected chi connectivity index (χ1v) is 9.06. The lowest BCUT2D eigenvalue weighted by Gasteiger charge is -2.13. The van der Waals surface area contributed by atoms with Gasteiger partial charge in [0.1, 0.15) is 11.6 Å². The molecule has 0 aliphatic heterocycles. The van der Waals surface area contributed by atoms with E-state index in [0.29, 0.717) is 19.0 Å². The molecule has 0 saturated heterocycles. The lowest BCUT2D eigenvalue weighted by molar-refractivity contribution is 0.409. The summed E-state index contributed by atoms with van der Waals surface area (Å²) in [6.07, 6.45) is 2.61. The molecule has 0 spiro atoms. The van der Waals surface area contributed by atoms with Gasteiger partial charge in [-0.1, -0.05) is 18.2 Å². The highest BCUT2D eigenvalue weighted by Crippen LogP contribution is 2.16. The Hall–Kier alpha value is -3.35. The Bertz CT molecular complexity index is 921. The van der Waals surface area contributed by atoms with Crippen LogP contribution in [0.5, 0.6) is 5.75 Å². The Balaban J connectivity index is 1.49. The molecule has 28 heavy (non-hydrogen) atoms. The topological polar surface area (TPSA) is 63.5 Å². The largest absolute Gasteiger partial charge is 0.496 e. The van der Waals surface area contributed by atoms with Crippen molar-refractivity contribution in [3.05, 3.63) is 77.9 Å². The summed E-state index contributed by atoms with van der Waals surface area (Å²) in [4.78, 5) is 4.24. The van der Waals surface area contributed by atoms with Crippen molar-refractivity contribution in [2.24, 2.45) is 4.99 Å². The number of para-hydroxylation sites is 1. The molecule has 0 amide bonds. The molecular weight excluding hydrogens is 357 g/mol. The minimum Gasteiger partial charge on any atom is -0.496 e. The fourth-order valence-corrected chi connectivity index (χ4v) is 2.79. The maximum atomic E-state index is 13.0. The lowest BCUT2D eigenvalue weighted by atomic mass is 10.2. The fraction of sp³-hybridized carbons (Fsp3) is 0.238. The van der Waals surface area contributed by atoms with Crippen LogP contribution in [0, 0.1) is 5.82 Å². The van der Waals surface area contributed by atoms with Gasteiger partial charge in [0.2, 0.25) is 0 Å². The molecule has 0 saturated carbocycles. The number of ether oxygens (including phenoxy) is 1. The Morgan fingerprint density at radius 2 is 1.89 bits per heavy atom. The van der Waals surface area contributed by atoms with Gasteiger partial charge in [0.25, 0.3) is 0 Å².